The highest BCUT2D eigenvalue weighted by Gasteiger charge is 2.22. The molecule has 0 saturated carbocycles. The van der Waals surface area contributed by atoms with E-state index >= 15 is 0 Å². The summed E-state index contributed by atoms with van der Waals surface area (Å²) in [6.45, 7) is 5.33. The lowest BCUT2D eigenvalue weighted by atomic mass is 10.2. The highest BCUT2D eigenvalue weighted by molar-refractivity contribution is 9.10. The largest absolute Gasteiger partial charge is 0.354 e. The number of amides is 2. The van der Waals surface area contributed by atoms with E-state index in [1.807, 2.05) is 0 Å². The molecule has 1 aromatic rings. The number of carbonyl (C=O) groups excluding carboxylic acids is 2. The highest BCUT2D eigenvalue weighted by atomic mass is 79.9. The summed E-state index contributed by atoms with van der Waals surface area (Å²) in [5.74, 6) is -0.721. The predicted octanol–water partition coefficient (Wildman–Crippen LogP) is 2.75. The van der Waals surface area contributed by atoms with Crippen LogP contribution in [0.2, 0.25) is 0 Å². The Kier molecular flexibility index (Phi) is 5.68. The van der Waals surface area contributed by atoms with Crippen molar-refractivity contribution in [1.82, 2.24) is 5.32 Å². The summed E-state index contributed by atoms with van der Waals surface area (Å²) in [5, 5.41) is 5.31. The lowest BCUT2D eigenvalue weighted by molar-refractivity contribution is -0.122. The van der Waals surface area contributed by atoms with Gasteiger partial charge in [0.25, 0.3) is 0 Å². The summed E-state index contributed by atoms with van der Waals surface area (Å²) in [5.41, 5.74) is 1.01. The minimum atomic E-state index is -0.655. The molecular weight excluding hydrogens is 327 g/mol. The van der Waals surface area contributed by atoms with Crippen LogP contribution in [-0.2, 0) is 9.59 Å². The fourth-order valence-corrected chi connectivity index (χ4v) is 1.59. The lowest BCUT2D eigenvalue weighted by Gasteiger charge is -2.15. The average molecular weight is 345 g/mol. The second-order valence-corrected chi connectivity index (χ2v) is 6.97. The summed E-state index contributed by atoms with van der Waals surface area (Å²) in [6.07, 6.45) is 0.158. The van der Waals surface area contributed by atoms with Crippen molar-refractivity contribution in [2.75, 3.05) is 11.9 Å². The van der Waals surface area contributed by atoms with Crippen LogP contribution in [0.15, 0.2) is 18.2 Å². The zero-order valence-corrected chi connectivity index (χ0v) is 13.3. The third kappa shape index (κ3) is 5.28. The van der Waals surface area contributed by atoms with E-state index in [9.17, 15) is 14.0 Å². The SMILES string of the molecule is Cc1cc(NC(=O)CCNC(=O)C(C)(C)Br)ccc1F. The Balaban J connectivity index is 2.41. The van der Waals surface area contributed by atoms with E-state index in [1.54, 1.807) is 26.8 Å². The van der Waals surface area contributed by atoms with E-state index in [-0.39, 0.29) is 30.6 Å². The second-order valence-electron chi connectivity index (χ2n) is 4.99. The van der Waals surface area contributed by atoms with Gasteiger partial charge in [-0.2, -0.15) is 0 Å². The Morgan fingerprint density at radius 3 is 2.55 bits per heavy atom. The van der Waals surface area contributed by atoms with Crippen molar-refractivity contribution in [3.63, 3.8) is 0 Å². The van der Waals surface area contributed by atoms with Gasteiger partial charge < -0.3 is 10.6 Å². The normalized spacial score (nSPS) is 11.1. The molecule has 1 rings (SSSR count). The van der Waals surface area contributed by atoms with Gasteiger partial charge in [0, 0.05) is 18.7 Å². The van der Waals surface area contributed by atoms with Crippen LogP contribution in [0.4, 0.5) is 10.1 Å². The molecule has 2 N–H and O–H groups in total. The number of carbonyl (C=O) groups is 2. The maximum absolute atomic E-state index is 13.1. The summed E-state index contributed by atoms with van der Waals surface area (Å²) in [7, 11) is 0. The van der Waals surface area contributed by atoms with E-state index < -0.39 is 4.32 Å². The Bertz CT molecular complexity index is 512. The molecule has 0 aliphatic rings. The monoisotopic (exact) mass is 344 g/mol. The topological polar surface area (TPSA) is 58.2 Å². The standard InChI is InChI=1S/C14H18BrFN2O2/c1-9-8-10(4-5-11(9)16)18-12(19)6-7-17-13(20)14(2,3)15/h4-5,8H,6-7H2,1-3H3,(H,17,20)(H,18,19). The van der Waals surface area contributed by atoms with Gasteiger partial charge in [0.15, 0.2) is 0 Å². The number of benzene rings is 1. The van der Waals surface area contributed by atoms with Crippen LogP contribution in [0.25, 0.3) is 0 Å². The minimum absolute atomic E-state index is 0.158. The first-order valence-corrected chi connectivity index (χ1v) is 7.02. The van der Waals surface area contributed by atoms with Gasteiger partial charge in [-0.15, -0.1) is 0 Å². The molecule has 0 aliphatic carbocycles. The van der Waals surface area contributed by atoms with Gasteiger partial charge in [0.1, 0.15) is 5.82 Å². The van der Waals surface area contributed by atoms with Crippen molar-refractivity contribution in [2.45, 2.75) is 31.5 Å². The quantitative estimate of drug-likeness (QED) is 0.807. The highest BCUT2D eigenvalue weighted by Crippen LogP contribution is 2.15. The van der Waals surface area contributed by atoms with Crippen LogP contribution in [0.5, 0.6) is 0 Å². The molecule has 0 spiro atoms. The summed E-state index contributed by atoms with van der Waals surface area (Å²) < 4.78 is 12.4. The number of anilines is 1. The van der Waals surface area contributed by atoms with Gasteiger partial charge in [-0.3, -0.25) is 9.59 Å². The number of hydrogen-bond acceptors (Lipinski definition) is 2. The molecule has 1 aromatic carbocycles. The smallest absolute Gasteiger partial charge is 0.236 e. The number of alkyl halides is 1. The first kappa shape index (κ1) is 16.6. The Hall–Kier alpha value is -1.43. The molecule has 0 radical (unpaired) electrons. The van der Waals surface area contributed by atoms with Gasteiger partial charge in [-0.25, -0.2) is 4.39 Å². The van der Waals surface area contributed by atoms with Crippen LogP contribution in [0, 0.1) is 12.7 Å². The van der Waals surface area contributed by atoms with E-state index in [2.05, 4.69) is 26.6 Å². The third-order valence-corrected chi connectivity index (χ3v) is 2.98. The van der Waals surface area contributed by atoms with Gasteiger partial charge in [0.05, 0.1) is 4.32 Å². The van der Waals surface area contributed by atoms with Crippen LogP contribution in [0.1, 0.15) is 25.8 Å². The Labute approximate surface area is 126 Å². The molecule has 20 heavy (non-hydrogen) atoms. The number of hydrogen-bond donors (Lipinski definition) is 2. The Morgan fingerprint density at radius 2 is 2.00 bits per heavy atom. The third-order valence-electron chi connectivity index (χ3n) is 2.62. The fourth-order valence-electron chi connectivity index (χ4n) is 1.45. The molecule has 0 saturated heterocycles. The van der Waals surface area contributed by atoms with Gasteiger partial charge >= 0.3 is 0 Å². The van der Waals surface area contributed by atoms with E-state index in [0.29, 0.717) is 11.3 Å². The van der Waals surface area contributed by atoms with Crippen LogP contribution < -0.4 is 10.6 Å². The van der Waals surface area contributed by atoms with Crippen LogP contribution in [-0.4, -0.2) is 22.7 Å². The van der Waals surface area contributed by atoms with Crippen molar-refractivity contribution in [3.05, 3.63) is 29.6 Å². The lowest BCUT2D eigenvalue weighted by Crippen LogP contribution is -2.38. The molecule has 2 amide bonds. The molecule has 0 fully saturated rings. The molecule has 0 aromatic heterocycles. The second kappa shape index (κ2) is 6.83. The van der Waals surface area contributed by atoms with E-state index in [0.717, 1.165) is 0 Å². The number of halogens is 2. The predicted molar refractivity (Wildman–Crippen MR) is 80.4 cm³/mol. The summed E-state index contributed by atoms with van der Waals surface area (Å²) in [6, 6.07) is 4.37. The minimum Gasteiger partial charge on any atom is -0.354 e. The fraction of sp³-hybridized carbons (Fsp3) is 0.429. The molecule has 0 atom stereocenters. The van der Waals surface area contributed by atoms with Gasteiger partial charge in [-0.1, -0.05) is 15.9 Å². The van der Waals surface area contributed by atoms with Crippen molar-refractivity contribution in [1.29, 1.82) is 0 Å². The van der Waals surface area contributed by atoms with Crippen molar-refractivity contribution in [3.8, 4) is 0 Å². The maximum atomic E-state index is 13.1. The molecule has 110 valence electrons. The molecule has 0 aliphatic heterocycles. The number of nitrogens with one attached hydrogen (secondary N) is 2. The zero-order valence-electron chi connectivity index (χ0n) is 11.7. The van der Waals surface area contributed by atoms with Crippen molar-refractivity contribution < 1.29 is 14.0 Å². The molecular formula is C14H18BrFN2O2. The summed E-state index contributed by atoms with van der Waals surface area (Å²) >= 11 is 3.23. The molecule has 6 heteroatoms. The first-order valence-electron chi connectivity index (χ1n) is 6.23. The first-order chi connectivity index (χ1) is 9.20. The number of rotatable bonds is 5. The van der Waals surface area contributed by atoms with Crippen LogP contribution >= 0.6 is 15.9 Å². The maximum Gasteiger partial charge on any atom is 0.236 e. The van der Waals surface area contributed by atoms with Gasteiger partial charge in [-0.05, 0) is 44.5 Å². The summed E-state index contributed by atoms with van der Waals surface area (Å²) in [4.78, 5) is 23.2. The average Bonchev–Trinajstić information content (AvgIpc) is 2.32. The number of aryl methyl sites for hydroxylation is 1. The Morgan fingerprint density at radius 1 is 1.35 bits per heavy atom. The van der Waals surface area contributed by atoms with Gasteiger partial charge in [0.2, 0.25) is 11.8 Å². The van der Waals surface area contributed by atoms with E-state index in [4.69, 9.17) is 0 Å². The van der Waals surface area contributed by atoms with Crippen molar-refractivity contribution >= 4 is 33.4 Å². The molecule has 0 unspecified atom stereocenters. The molecule has 4 nitrogen and oxygen atoms in total. The molecule has 0 heterocycles. The molecule has 0 bridgehead atoms. The van der Waals surface area contributed by atoms with E-state index in [1.165, 1.54) is 12.1 Å². The zero-order chi connectivity index (χ0) is 15.3. The van der Waals surface area contributed by atoms with Crippen LogP contribution in [0.3, 0.4) is 0 Å². The van der Waals surface area contributed by atoms with Crippen molar-refractivity contribution in [2.24, 2.45) is 0 Å².